The average molecular weight is 463 g/mol. The summed E-state index contributed by atoms with van der Waals surface area (Å²) in [5.41, 5.74) is 2.65. The Kier molecular flexibility index (Phi) is 6.69. The summed E-state index contributed by atoms with van der Waals surface area (Å²) in [6.07, 6.45) is 2.13. The van der Waals surface area contributed by atoms with Crippen LogP contribution in [0.15, 0.2) is 54.7 Å². The predicted octanol–water partition coefficient (Wildman–Crippen LogP) is 4.50. The fraction of sp³-hybridized carbons (Fsp3) is 0.308. The second-order valence-corrected chi connectivity index (χ2v) is 8.33. The van der Waals surface area contributed by atoms with Gasteiger partial charge in [0.25, 0.3) is 0 Å². The smallest absolute Gasteiger partial charge is 0.222 e. The van der Waals surface area contributed by atoms with Crippen LogP contribution in [0.3, 0.4) is 0 Å². The number of aromatic nitrogens is 3. The molecule has 0 unspecified atom stereocenters. The van der Waals surface area contributed by atoms with E-state index in [9.17, 15) is 4.39 Å². The van der Waals surface area contributed by atoms with Crippen LogP contribution in [0.1, 0.15) is 17.1 Å². The number of benzene rings is 2. The van der Waals surface area contributed by atoms with Crippen molar-refractivity contribution in [2.24, 2.45) is 0 Å². The molecule has 0 saturated carbocycles. The van der Waals surface area contributed by atoms with Crippen molar-refractivity contribution in [2.75, 3.05) is 39.5 Å². The monoisotopic (exact) mass is 462 g/mol. The minimum atomic E-state index is -0.413. The SMILES string of the molecule is Cc1cc2c(F)c(Oc3ccnc(Cc4cccc(OCCN5CCOCC5)c4)n3)ccc2[nH]1. The van der Waals surface area contributed by atoms with Gasteiger partial charge in [-0.3, -0.25) is 4.90 Å². The maximum atomic E-state index is 14.9. The summed E-state index contributed by atoms with van der Waals surface area (Å²) < 4.78 is 32.0. The highest BCUT2D eigenvalue weighted by Crippen LogP contribution is 2.30. The van der Waals surface area contributed by atoms with Crippen LogP contribution < -0.4 is 9.47 Å². The number of aryl methyl sites for hydroxylation is 1. The van der Waals surface area contributed by atoms with E-state index in [-0.39, 0.29) is 5.75 Å². The van der Waals surface area contributed by atoms with E-state index in [0.717, 1.165) is 55.4 Å². The normalized spacial score (nSPS) is 14.4. The van der Waals surface area contributed by atoms with E-state index in [1.54, 1.807) is 30.5 Å². The Bertz CT molecular complexity index is 1270. The molecule has 0 spiro atoms. The maximum absolute atomic E-state index is 14.9. The van der Waals surface area contributed by atoms with Crippen molar-refractivity contribution in [3.8, 4) is 17.4 Å². The van der Waals surface area contributed by atoms with Crippen molar-refractivity contribution in [1.82, 2.24) is 19.9 Å². The van der Waals surface area contributed by atoms with Crippen LogP contribution in [0.25, 0.3) is 10.9 Å². The number of nitrogens with zero attached hydrogens (tertiary/aromatic N) is 3. The highest BCUT2D eigenvalue weighted by atomic mass is 19.1. The van der Waals surface area contributed by atoms with Crippen LogP contribution in [0.4, 0.5) is 4.39 Å². The number of aromatic amines is 1. The van der Waals surface area contributed by atoms with Gasteiger partial charge in [0.05, 0.1) is 13.2 Å². The fourth-order valence-electron chi connectivity index (χ4n) is 4.05. The fourth-order valence-corrected chi connectivity index (χ4v) is 4.05. The summed E-state index contributed by atoms with van der Waals surface area (Å²) >= 11 is 0. The number of nitrogens with one attached hydrogen (secondary N) is 1. The standard InChI is InChI=1S/C26H27FN4O3/c1-18-15-21-22(29-18)5-6-23(26(21)27)34-25-7-8-28-24(30-25)17-19-3-2-4-20(16-19)33-14-11-31-9-12-32-13-10-31/h2-8,15-16,29H,9-14,17H2,1H3. The van der Waals surface area contributed by atoms with Gasteiger partial charge in [-0.25, -0.2) is 9.37 Å². The molecule has 1 saturated heterocycles. The maximum Gasteiger partial charge on any atom is 0.222 e. The third-order valence-corrected chi connectivity index (χ3v) is 5.77. The Hall–Kier alpha value is -3.49. The van der Waals surface area contributed by atoms with E-state index in [0.29, 0.717) is 30.1 Å². The molecule has 7 nitrogen and oxygen atoms in total. The average Bonchev–Trinajstić information content (AvgIpc) is 3.23. The van der Waals surface area contributed by atoms with Crippen LogP contribution in [0.5, 0.6) is 17.4 Å². The summed E-state index contributed by atoms with van der Waals surface area (Å²) in [6.45, 7) is 6.85. The first-order chi connectivity index (χ1) is 16.6. The molecular formula is C26H27FN4O3. The largest absolute Gasteiger partial charge is 0.492 e. The number of hydrogen-bond donors (Lipinski definition) is 1. The number of hydrogen-bond acceptors (Lipinski definition) is 6. The zero-order chi connectivity index (χ0) is 23.3. The lowest BCUT2D eigenvalue weighted by atomic mass is 10.1. The second kappa shape index (κ2) is 10.2. The molecule has 8 heteroatoms. The van der Waals surface area contributed by atoms with Gasteiger partial charge in [-0.2, -0.15) is 4.98 Å². The molecule has 0 aliphatic carbocycles. The predicted molar refractivity (Wildman–Crippen MR) is 127 cm³/mol. The first-order valence-electron chi connectivity index (χ1n) is 11.4. The second-order valence-electron chi connectivity index (χ2n) is 8.33. The van der Waals surface area contributed by atoms with Crippen LogP contribution in [-0.2, 0) is 11.2 Å². The molecular weight excluding hydrogens is 435 g/mol. The van der Waals surface area contributed by atoms with Gasteiger partial charge in [0.2, 0.25) is 5.88 Å². The van der Waals surface area contributed by atoms with Gasteiger partial charge in [0.1, 0.15) is 18.2 Å². The van der Waals surface area contributed by atoms with Gasteiger partial charge >= 0.3 is 0 Å². The molecule has 0 bridgehead atoms. The van der Waals surface area contributed by atoms with Gasteiger partial charge < -0.3 is 19.2 Å². The molecule has 34 heavy (non-hydrogen) atoms. The Balaban J connectivity index is 1.22. The van der Waals surface area contributed by atoms with Crippen LogP contribution in [0, 0.1) is 12.7 Å². The molecule has 4 aromatic rings. The molecule has 1 aliphatic heterocycles. The minimum Gasteiger partial charge on any atom is -0.492 e. The van der Waals surface area contributed by atoms with Gasteiger partial charge in [-0.15, -0.1) is 0 Å². The number of halogens is 1. The lowest BCUT2D eigenvalue weighted by molar-refractivity contribution is 0.0322. The highest BCUT2D eigenvalue weighted by Gasteiger charge is 2.13. The third kappa shape index (κ3) is 5.35. The summed E-state index contributed by atoms with van der Waals surface area (Å²) in [5, 5.41) is 0.495. The van der Waals surface area contributed by atoms with Crippen molar-refractivity contribution >= 4 is 10.9 Å². The van der Waals surface area contributed by atoms with Crippen LogP contribution in [0.2, 0.25) is 0 Å². The Labute approximate surface area is 197 Å². The molecule has 1 fully saturated rings. The zero-order valence-corrected chi connectivity index (χ0v) is 19.1. The van der Waals surface area contributed by atoms with E-state index in [1.165, 1.54) is 0 Å². The molecule has 0 amide bonds. The lowest BCUT2D eigenvalue weighted by Crippen LogP contribution is -2.38. The number of rotatable bonds is 8. The van der Waals surface area contributed by atoms with Gasteiger partial charge in [-0.05, 0) is 42.8 Å². The summed E-state index contributed by atoms with van der Waals surface area (Å²) in [5.74, 6) is 1.42. The first kappa shape index (κ1) is 22.3. The number of H-pyrrole nitrogens is 1. The molecule has 1 N–H and O–H groups in total. The quantitative estimate of drug-likeness (QED) is 0.416. The molecule has 0 radical (unpaired) electrons. The molecule has 3 heterocycles. The highest BCUT2D eigenvalue weighted by molar-refractivity contribution is 5.82. The zero-order valence-electron chi connectivity index (χ0n) is 19.1. The van der Waals surface area contributed by atoms with Crippen molar-refractivity contribution in [3.63, 3.8) is 0 Å². The van der Waals surface area contributed by atoms with E-state index < -0.39 is 5.82 Å². The summed E-state index contributed by atoms with van der Waals surface area (Å²) in [7, 11) is 0. The number of ether oxygens (including phenoxy) is 3. The molecule has 0 atom stereocenters. The minimum absolute atomic E-state index is 0.131. The third-order valence-electron chi connectivity index (χ3n) is 5.77. The lowest BCUT2D eigenvalue weighted by Gasteiger charge is -2.26. The Morgan fingerprint density at radius 1 is 1.12 bits per heavy atom. The van der Waals surface area contributed by atoms with Crippen LogP contribution in [-0.4, -0.2) is 59.3 Å². The van der Waals surface area contributed by atoms with Crippen molar-refractivity contribution in [2.45, 2.75) is 13.3 Å². The number of morpholine rings is 1. The van der Waals surface area contributed by atoms with Crippen molar-refractivity contribution < 1.29 is 18.6 Å². The van der Waals surface area contributed by atoms with E-state index in [2.05, 4.69) is 19.9 Å². The first-order valence-corrected chi connectivity index (χ1v) is 11.4. The van der Waals surface area contributed by atoms with E-state index in [4.69, 9.17) is 14.2 Å². The van der Waals surface area contributed by atoms with E-state index in [1.807, 2.05) is 31.2 Å². The van der Waals surface area contributed by atoms with Crippen molar-refractivity contribution in [3.05, 3.63) is 77.6 Å². The molecule has 176 valence electrons. The number of fused-ring (bicyclic) bond motifs is 1. The van der Waals surface area contributed by atoms with E-state index >= 15 is 0 Å². The molecule has 5 rings (SSSR count). The molecule has 1 aliphatic rings. The van der Waals surface area contributed by atoms with Gasteiger partial charge in [0.15, 0.2) is 11.6 Å². The molecule has 2 aromatic heterocycles. The van der Waals surface area contributed by atoms with Crippen LogP contribution >= 0.6 is 0 Å². The Morgan fingerprint density at radius 3 is 2.88 bits per heavy atom. The van der Waals surface area contributed by atoms with Gasteiger partial charge in [-0.1, -0.05) is 12.1 Å². The molecule has 2 aromatic carbocycles. The Morgan fingerprint density at radius 2 is 2.00 bits per heavy atom. The summed E-state index contributed by atoms with van der Waals surface area (Å²) in [6, 6.07) is 14.7. The van der Waals surface area contributed by atoms with Crippen molar-refractivity contribution in [1.29, 1.82) is 0 Å². The van der Waals surface area contributed by atoms with Gasteiger partial charge in [0, 0.05) is 54.9 Å². The topological polar surface area (TPSA) is 72.5 Å². The summed E-state index contributed by atoms with van der Waals surface area (Å²) in [4.78, 5) is 14.3.